The number of amides is 1. The van der Waals surface area contributed by atoms with E-state index in [0.717, 1.165) is 30.2 Å². The van der Waals surface area contributed by atoms with E-state index in [4.69, 9.17) is 0 Å². The van der Waals surface area contributed by atoms with E-state index >= 15 is 0 Å². The Morgan fingerprint density at radius 2 is 1.83 bits per heavy atom. The Morgan fingerprint density at radius 3 is 2.39 bits per heavy atom. The van der Waals surface area contributed by atoms with Gasteiger partial charge in [-0.1, -0.05) is 30.3 Å². The highest BCUT2D eigenvalue weighted by Gasteiger charge is 2.29. The van der Waals surface area contributed by atoms with E-state index < -0.39 is 0 Å². The van der Waals surface area contributed by atoms with Crippen LogP contribution in [0.1, 0.15) is 11.6 Å². The van der Waals surface area contributed by atoms with Crippen LogP contribution in [0.4, 0.5) is 0 Å². The molecule has 0 spiro atoms. The monoisotopic (exact) mass is 264 g/mol. The third-order valence-corrected chi connectivity index (χ3v) is 4.14. The maximum atomic E-state index is 12.4. The van der Waals surface area contributed by atoms with Crippen molar-refractivity contribution in [2.24, 2.45) is 0 Å². The average molecular weight is 264 g/mol. The minimum absolute atomic E-state index is 0.123. The lowest BCUT2D eigenvalue weighted by atomic mass is 10.0. The molecule has 98 valence electrons. The number of carbonyl (C=O) groups excluding carboxylic acids is 1. The van der Waals surface area contributed by atoms with Gasteiger partial charge in [-0.15, -0.1) is 0 Å². The Balaban J connectivity index is 2.25. The fourth-order valence-electron chi connectivity index (χ4n) is 2.23. The molecule has 0 N–H and O–H groups in total. The van der Waals surface area contributed by atoms with Gasteiger partial charge in [-0.2, -0.15) is 11.8 Å². The number of nitrogens with zero attached hydrogens (tertiary/aromatic N) is 2. The van der Waals surface area contributed by atoms with Crippen molar-refractivity contribution in [3.8, 4) is 0 Å². The lowest BCUT2D eigenvalue weighted by Crippen LogP contribution is -2.43. The Morgan fingerprint density at radius 1 is 1.22 bits per heavy atom. The van der Waals surface area contributed by atoms with Crippen molar-refractivity contribution in [1.82, 2.24) is 9.80 Å². The molecule has 1 aliphatic heterocycles. The molecule has 1 fully saturated rings. The van der Waals surface area contributed by atoms with Crippen LogP contribution in [0, 0.1) is 0 Å². The van der Waals surface area contributed by atoms with E-state index in [1.807, 2.05) is 56.2 Å². The molecule has 3 nitrogen and oxygen atoms in total. The molecule has 1 atom stereocenters. The fraction of sp³-hybridized carbons (Fsp3) is 0.500. The van der Waals surface area contributed by atoms with Crippen molar-refractivity contribution in [1.29, 1.82) is 0 Å². The third kappa shape index (κ3) is 3.06. The van der Waals surface area contributed by atoms with Crippen molar-refractivity contribution in [2.75, 3.05) is 38.7 Å². The van der Waals surface area contributed by atoms with Gasteiger partial charge < -0.3 is 4.90 Å². The Bertz CT molecular complexity index is 388. The van der Waals surface area contributed by atoms with Crippen molar-refractivity contribution >= 4 is 17.7 Å². The SMILES string of the molecule is CN(C)C(=O)[C@@H](c1ccccc1)N1CCSCC1. The van der Waals surface area contributed by atoms with Crippen molar-refractivity contribution in [2.45, 2.75) is 6.04 Å². The first kappa shape index (κ1) is 13.4. The number of hydrogen-bond donors (Lipinski definition) is 0. The van der Waals surface area contributed by atoms with Crippen LogP contribution in [-0.4, -0.2) is 54.4 Å². The van der Waals surface area contributed by atoms with Crippen LogP contribution in [0.3, 0.4) is 0 Å². The highest BCUT2D eigenvalue weighted by molar-refractivity contribution is 7.99. The number of thioether (sulfide) groups is 1. The second-order valence-electron chi connectivity index (χ2n) is 4.69. The van der Waals surface area contributed by atoms with E-state index in [-0.39, 0.29) is 11.9 Å². The average Bonchev–Trinajstić information content (AvgIpc) is 2.41. The molecule has 1 saturated heterocycles. The molecule has 4 heteroatoms. The van der Waals surface area contributed by atoms with Gasteiger partial charge in [-0.05, 0) is 5.56 Å². The van der Waals surface area contributed by atoms with Crippen LogP contribution in [-0.2, 0) is 4.79 Å². The predicted octanol–water partition coefficient (Wildman–Crippen LogP) is 1.86. The molecular formula is C14H20N2OS. The minimum atomic E-state index is -0.123. The summed E-state index contributed by atoms with van der Waals surface area (Å²) in [6.07, 6.45) is 0. The first-order valence-corrected chi connectivity index (χ1v) is 7.43. The Kier molecular flexibility index (Phi) is 4.66. The molecule has 0 unspecified atom stereocenters. The zero-order valence-electron chi connectivity index (χ0n) is 11.0. The van der Waals surface area contributed by atoms with Gasteiger partial charge in [0.15, 0.2) is 0 Å². The maximum absolute atomic E-state index is 12.4. The van der Waals surface area contributed by atoms with Crippen molar-refractivity contribution in [3.63, 3.8) is 0 Å². The lowest BCUT2D eigenvalue weighted by molar-refractivity contribution is -0.134. The molecule has 0 saturated carbocycles. The standard InChI is InChI=1S/C14H20N2OS/c1-15(2)14(17)13(12-6-4-3-5-7-12)16-8-10-18-11-9-16/h3-7,13H,8-11H2,1-2H3/t13-/m1/s1. The van der Waals surface area contributed by atoms with Crippen molar-refractivity contribution in [3.05, 3.63) is 35.9 Å². The molecule has 0 bridgehead atoms. The van der Waals surface area contributed by atoms with Crippen molar-refractivity contribution < 1.29 is 4.79 Å². The molecule has 1 aromatic rings. The van der Waals surface area contributed by atoms with Gasteiger partial charge in [0.2, 0.25) is 5.91 Å². The summed E-state index contributed by atoms with van der Waals surface area (Å²) in [5.74, 6) is 2.40. The molecule has 2 rings (SSSR count). The summed E-state index contributed by atoms with van der Waals surface area (Å²) in [6, 6.07) is 9.98. The molecule has 1 heterocycles. The summed E-state index contributed by atoms with van der Waals surface area (Å²) in [5.41, 5.74) is 1.10. The molecule has 0 aromatic heterocycles. The summed E-state index contributed by atoms with van der Waals surface area (Å²) in [4.78, 5) is 16.4. The van der Waals surface area contributed by atoms with Crippen LogP contribution in [0.25, 0.3) is 0 Å². The number of likely N-dealkylation sites (N-methyl/N-ethyl adjacent to an activating group) is 1. The van der Waals surface area contributed by atoms with E-state index in [9.17, 15) is 4.79 Å². The zero-order chi connectivity index (χ0) is 13.0. The smallest absolute Gasteiger partial charge is 0.244 e. The van der Waals surface area contributed by atoms with E-state index in [1.54, 1.807) is 4.90 Å². The number of hydrogen-bond acceptors (Lipinski definition) is 3. The molecule has 1 aromatic carbocycles. The van der Waals surface area contributed by atoms with Gasteiger partial charge in [0.05, 0.1) is 0 Å². The van der Waals surface area contributed by atoms with Gasteiger partial charge in [0.25, 0.3) is 0 Å². The lowest BCUT2D eigenvalue weighted by Gasteiger charge is -2.35. The summed E-state index contributed by atoms with van der Waals surface area (Å²) >= 11 is 1.96. The fourth-order valence-corrected chi connectivity index (χ4v) is 3.16. The highest BCUT2D eigenvalue weighted by atomic mass is 32.2. The zero-order valence-corrected chi connectivity index (χ0v) is 11.8. The topological polar surface area (TPSA) is 23.6 Å². The van der Waals surface area contributed by atoms with E-state index in [0.29, 0.717) is 0 Å². The van der Waals surface area contributed by atoms with Crippen LogP contribution in [0.2, 0.25) is 0 Å². The van der Waals surface area contributed by atoms with Crippen LogP contribution in [0.15, 0.2) is 30.3 Å². The quantitative estimate of drug-likeness (QED) is 0.832. The minimum Gasteiger partial charge on any atom is -0.347 e. The van der Waals surface area contributed by atoms with Gasteiger partial charge in [-0.25, -0.2) is 0 Å². The van der Waals surface area contributed by atoms with Crippen LogP contribution < -0.4 is 0 Å². The Hall–Kier alpha value is -1.00. The van der Waals surface area contributed by atoms with Gasteiger partial charge >= 0.3 is 0 Å². The number of rotatable bonds is 3. The summed E-state index contributed by atoms with van der Waals surface area (Å²) in [7, 11) is 3.66. The second kappa shape index (κ2) is 6.25. The molecule has 1 amide bonds. The van der Waals surface area contributed by atoms with Gasteiger partial charge in [-0.3, -0.25) is 9.69 Å². The second-order valence-corrected chi connectivity index (χ2v) is 5.92. The molecular weight excluding hydrogens is 244 g/mol. The molecule has 0 radical (unpaired) electrons. The number of carbonyl (C=O) groups is 1. The maximum Gasteiger partial charge on any atom is 0.244 e. The Labute approximate surface area is 113 Å². The molecule has 1 aliphatic rings. The highest BCUT2D eigenvalue weighted by Crippen LogP contribution is 2.25. The first-order valence-electron chi connectivity index (χ1n) is 6.28. The summed E-state index contributed by atoms with van der Waals surface area (Å²) in [6.45, 7) is 1.98. The molecule has 0 aliphatic carbocycles. The summed E-state index contributed by atoms with van der Waals surface area (Å²) in [5, 5.41) is 0. The largest absolute Gasteiger partial charge is 0.347 e. The normalized spacial score (nSPS) is 18.3. The van der Waals surface area contributed by atoms with Crippen LogP contribution in [0.5, 0.6) is 0 Å². The molecule has 18 heavy (non-hydrogen) atoms. The van der Waals surface area contributed by atoms with Gasteiger partial charge in [0, 0.05) is 38.7 Å². The number of benzene rings is 1. The first-order chi connectivity index (χ1) is 8.70. The van der Waals surface area contributed by atoms with E-state index in [2.05, 4.69) is 4.90 Å². The predicted molar refractivity (Wildman–Crippen MR) is 76.8 cm³/mol. The van der Waals surface area contributed by atoms with Crippen LogP contribution >= 0.6 is 11.8 Å². The third-order valence-electron chi connectivity index (χ3n) is 3.20. The van der Waals surface area contributed by atoms with Gasteiger partial charge in [0.1, 0.15) is 6.04 Å². The van der Waals surface area contributed by atoms with E-state index in [1.165, 1.54) is 0 Å². The summed E-state index contributed by atoms with van der Waals surface area (Å²) < 4.78 is 0.